The minimum atomic E-state index is 0.163. The molecule has 1 aromatic rings. The number of piperazine rings is 1. The lowest BCUT2D eigenvalue weighted by Crippen LogP contribution is -2.47. The van der Waals surface area contributed by atoms with E-state index in [4.69, 9.17) is 5.73 Å². The number of hydrogen-bond donors (Lipinski definition) is 2. The highest BCUT2D eigenvalue weighted by Crippen LogP contribution is 2.27. The van der Waals surface area contributed by atoms with E-state index in [9.17, 15) is 9.59 Å². The highest BCUT2D eigenvalue weighted by Gasteiger charge is 2.24. The van der Waals surface area contributed by atoms with Gasteiger partial charge in [-0.2, -0.15) is 0 Å². The van der Waals surface area contributed by atoms with Crippen molar-refractivity contribution in [1.29, 1.82) is 0 Å². The lowest BCUT2D eigenvalue weighted by Gasteiger charge is -2.37. The van der Waals surface area contributed by atoms with E-state index in [-0.39, 0.29) is 11.7 Å². The Morgan fingerprint density at radius 3 is 2.52 bits per heavy atom. The summed E-state index contributed by atoms with van der Waals surface area (Å²) in [5.74, 6) is 1.16. The van der Waals surface area contributed by atoms with Gasteiger partial charge in [-0.1, -0.05) is 19.1 Å². The van der Waals surface area contributed by atoms with Crippen LogP contribution in [0.15, 0.2) is 24.3 Å². The van der Waals surface area contributed by atoms with Crippen LogP contribution in [-0.2, 0) is 4.79 Å². The van der Waals surface area contributed by atoms with Crippen molar-refractivity contribution in [2.75, 3.05) is 44.2 Å². The monoisotopic (exact) mass is 428 g/mol. The van der Waals surface area contributed by atoms with Gasteiger partial charge in [0.2, 0.25) is 5.91 Å². The molecule has 1 saturated carbocycles. The second-order valence-electron chi connectivity index (χ2n) is 9.12. The second-order valence-corrected chi connectivity index (χ2v) is 9.12. The van der Waals surface area contributed by atoms with Crippen LogP contribution in [0.4, 0.5) is 5.69 Å². The minimum Gasteiger partial charge on any atom is -0.369 e. The van der Waals surface area contributed by atoms with Crippen LogP contribution in [0, 0.1) is 5.92 Å². The van der Waals surface area contributed by atoms with Crippen LogP contribution >= 0.6 is 0 Å². The Morgan fingerprint density at radius 1 is 1.10 bits per heavy atom. The molecule has 1 amide bonds. The lowest BCUT2D eigenvalue weighted by molar-refractivity contribution is -0.122. The zero-order valence-electron chi connectivity index (χ0n) is 19.2. The highest BCUT2D eigenvalue weighted by molar-refractivity contribution is 5.96. The molecule has 3 rings (SSSR count). The number of nitrogens with two attached hydrogens (primary N) is 1. The van der Waals surface area contributed by atoms with Crippen molar-refractivity contribution in [3.8, 4) is 0 Å². The first-order valence-electron chi connectivity index (χ1n) is 12.2. The van der Waals surface area contributed by atoms with E-state index < -0.39 is 0 Å². The maximum absolute atomic E-state index is 12.0. The van der Waals surface area contributed by atoms with E-state index >= 15 is 0 Å². The van der Waals surface area contributed by atoms with Gasteiger partial charge in [0, 0.05) is 56.3 Å². The van der Waals surface area contributed by atoms with Gasteiger partial charge in [0.1, 0.15) is 0 Å². The lowest BCUT2D eigenvalue weighted by atomic mass is 9.84. The van der Waals surface area contributed by atoms with E-state index in [2.05, 4.69) is 27.2 Å². The van der Waals surface area contributed by atoms with Crippen molar-refractivity contribution < 1.29 is 9.59 Å². The summed E-state index contributed by atoms with van der Waals surface area (Å²) in [5, 5.41) is 3.18. The number of carbonyl (C=O) groups excluding carboxylic acids is 2. The quantitative estimate of drug-likeness (QED) is 0.560. The first kappa shape index (κ1) is 23.7. The minimum absolute atomic E-state index is 0.163. The van der Waals surface area contributed by atoms with Crippen molar-refractivity contribution in [3.05, 3.63) is 29.8 Å². The molecule has 0 atom stereocenters. The van der Waals surface area contributed by atoms with E-state index in [1.165, 1.54) is 31.5 Å². The third kappa shape index (κ3) is 7.32. The number of amides is 1. The van der Waals surface area contributed by atoms with Crippen molar-refractivity contribution in [2.45, 2.75) is 64.3 Å². The molecule has 2 fully saturated rings. The summed E-state index contributed by atoms with van der Waals surface area (Å²) < 4.78 is 0. The van der Waals surface area contributed by atoms with Crippen molar-refractivity contribution >= 4 is 17.4 Å². The molecule has 2 aliphatic rings. The predicted octanol–water partition coefficient (Wildman–Crippen LogP) is 3.21. The predicted molar refractivity (Wildman–Crippen MR) is 127 cm³/mol. The number of Topliss-reactive ketones (excluding diaryl/α,β-unsaturated/α-hetero) is 1. The molecule has 1 aromatic carbocycles. The largest absolute Gasteiger partial charge is 0.369 e. The summed E-state index contributed by atoms with van der Waals surface area (Å²) in [6.07, 6.45) is 7.81. The molecule has 6 nitrogen and oxygen atoms in total. The molecule has 3 N–H and O–H groups in total. The van der Waals surface area contributed by atoms with Gasteiger partial charge in [-0.3, -0.25) is 14.5 Å². The number of hydrogen-bond acceptors (Lipinski definition) is 5. The number of rotatable bonds is 10. The Kier molecular flexibility index (Phi) is 9.34. The number of nitrogens with one attached hydrogen (secondary N) is 1. The summed E-state index contributed by atoms with van der Waals surface area (Å²) in [4.78, 5) is 28.9. The van der Waals surface area contributed by atoms with Crippen LogP contribution in [0.1, 0.15) is 68.6 Å². The van der Waals surface area contributed by atoms with Gasteiger partial charge in [-0.05, 0) is 69.7 Å². The van der Waals surface area contributed by atoms with Gasteiger partial charge < -0.3 is 16.0 Å². The van der Waals surface area contributed by atoms with Gasteiger partial charge in [0.05, 0.1) is 0 Å². The van der Waals surface area contributed by atoms with E-state index in [1.54, 1.807) is 0 Å². The second kappa shape index (κ2) is 12.2. The fraction of sp³-hybridized carbons (Fsp3) is 0.680. The highest BCUT2D eigenvalue weighted by atomic mass is 16.1. The van der Waals surface area contributed by atoms with Crippen molar-refractivity contribution in [1.82, 2.24) is 10.2 Å². The smallest absolute Gasteiger partial charge is 0.220 e. The molecule has 31 heavy (non-hydrogen) atoms. The molecule has 172 valence electrons. The Labute approximate surface area is 187 Å². The standard InChI is InChI=1S/C25H40N4O2/c1-2-24(30)21-5-3-6-23(19-21)29-17-15-28(16-18-29)14-12-20-8-10-22(11-9-20)27-25(31)7-4-13-26/h3,5-6,19-20,22H,2,4,7-18,26H2,1H3,(H,27,31)/t20-,22-. The number of ketones is 1. The van der Waals surface area contributed by atoms with Crippen LogP contribution in [0.25, 0.3) is 0 Å². The SMILES string of the molecule is CCC(=O)c1cccc(N2CCN(CC[C@H]3CC[C@H](NC(=O)CCCN)CC3)CC2)c1. The fourth-order valence-corrected chi connectivity index (χ4v) is 4.83. The van der Waals surface area contributed by atoms with Gasteiger partial charge in [-0.25, -0.2) is 0 Å². The first-order valence-corrected chi connectivity index (χ1v) is 12.2. The van der Waals surface area contributed by atoms with Crippen molar-refractivity contribution in [3.63, 3.8) is 0 Å². The number of anilines is 1. The topological polar surface area (TPSA) is 78.7 Å². The number of carbonyl (C=O) groups is 2. The van der Waals surface area contributed by atoms with Gasteiger partial charge in [-0.15, -0.1) is 0 Å². The molecule has 1 aliphatic carbocycles. The molecule has 0 bridgehead atoms. The van der Waals surface area contributed by atoms with Crippen LogP contribution < -0.4 is 16.0 Å². The number of benzene rings is 1. The third-order valence-electron chi connectivity index (χ3n) is 6.90. The zero-order valence-corrected chi connectivity index (χ0v) is 19.2. The molecule has 0 aromatic heterocycles. The third-order valence-corrected chi connectivity index (χ3v) is 6.90. The summed E-state index contributed by atoms with van der Waals surface area (Å²) in [5.41, 5.74) is 7.48. The van der Waals surface area contributed by atoms with Gasteiger partial charge in [0.15, 0.2) is 5.78 Å². The number of nitrogens with zero attached hydrogens (tertiary/aromatic N) is 2. The first-order chi connectivity index (χ1) is 15.1. The fourth-order valence-electron chi connectivity index (χ4n) is 4.83. The molecule has 0 spiro atoms. The van der Waals surface area contributed by atoms with Gasteiger partial charge >= 0.3 is 0 Å². The van der Waals surface area contributed by atoms with Crippen LogP contribution in [0.2, 0.25) is 0 Å². The summed E-state index contributed by atoms with van der Waals surface area (Å²) >= 11 is 0. The maximum Gasteiger partial charge on any atom is 0.220 e. The maximum atomic E-state index is 12.0. The average Bonchev–Trinajstić information content (AvgIpc) is 2.82. The molecular weight excluding hydrogens is 388 g/mol. The van der Waals surface area contributed by atoms with Gasteiger partial charge in [0.25, 0.3) is 0 Å². The summed E-state index contributed by atoms with van der Waals surface area (Å²) in [6, 6.07) is 8.46. The normalized spacial score (nSPS) is 22.3. The molecule has 0 radical (unpaired) electrons. The van der Waals surface area contributed by atoms with Crippen molar-refractivity contribution in [2.24, 2.45) is 11.7 Å². The Balaban J connectivity index is 1.34. The Morgan fingerprint density at radius 2 is 1.84 bits per heavy atom. The average molecular weight is 429 g/mol. The van der Waals surface area contributed by atoms with E-state index in [0.29, 0.717) is 25.4 Å². The summed E-state index contributed by atoms with van der Waals surface area (Å²) in [7, 11) is 0. The van der Waals surface area contributed by atoms with E-state index in [1.807, 2.05) is 19.1 Å². The molecule has 1 heterocycles. The molecule has 6 heteroatoms. The zero-order chi connectivity index (χ0) is 22.1. The van der Waals surface area contributed by atoms with Crippen LogP contribution in [0.3, 0.4) is 0 Å². The molecular formula is C25H40N4O2. The van der Waals surface area contributed by atoms with Crippen LogP contribution in [-0.4, -0.2) is 61.9 Å². The molecule has 1 aliphatic heterocycles. The Hall–Kier alpha value is -1.92. The Bertz CT molecular complexity index is 707. The molecule has 1 saturated heterocycles. The summed E-state index contributed by atoms with van der Waals surface area (Å²) in [6.45, 7) is 7.87. The van der Waals surface area contributed by atoms with Crippen LogP contribution in [0.5, 0.6) is 0 Å². The molecule has 0 unspecified atom stereocenters. The van der Waals surface area contributed by atoms with E-state index in [0.717, 1.165) is 56.9 Å².